The predicted molar refractivity (Wildman–Crippen MR) is 69.5 cm³/mol. The molecule has 1 aliphatic rings. The first kappa shape index (κ1) is 14.3. The Kier molecular flexibility index (Phi) is 5.77. The van der Waals surface area contributed by atoms with Gasteiger partial charge in [0.15, 0.2) is 0 Å². The van der Waals surface area contributed by atoms with Crippen molar-refractivity contribution >= 4 is 23.6 Å². The van der Waals surface area contributed by atoms with Gasteiger partial charge in [-0.05, 0) is 37.7 Å². The number of carbonyl (C=O) groups is 2. The molecule has 0 saturated carbocycles. The lowest BCUT2D eigenvalue weighted by Crippen LogP contribution is -2.55. The average molecular weight is 259 g/mol. The molecule has 2 atom stereocenters. The van der Waals surface area contributed by atoms with Gasteiger partial charge in [0.1, 0.15) is 6.04 Å². The molecular formula is C11H21N3O2S. The number of amides is 2. The molecule has 0 aromatic heterocycles. The molecule has 1 rings (SSSR count). The summed E-state index contributed by atoms with van der Waals surface area (Å²) in [7, 11) is 0. The topological polar surface area (TPSA) is 89.4 Å². The SMILES string of the molecule is CSCC[C@@H](N)C(=O)N1CCCCC1C(N)=O. The van der Waals surface area contributed by atoms with Gasteiger partial charge in [-0.1, -0.05) is 0 Å². The Hall–Kier alpha value is -0.750. The van der Waals surface area contributed by atoms with E-state index in [1.807, 2.05) is 6.26 Å². The first-order valence-electron chi connectivity index (χ1n) is 5.92. The Morgan fingerprint density at radius 3 is 2.76 bits per heavy atom. The highest BCUT2D eigenvalue weighted by molar-refractivity contribution is 7.98. The molecule has 1 fully saturated rings. The average Bonchev–Trinajstić information content (AvgIpc) is 2.34. The van der Waals surface area contributed by atoms with Crippen LogP contribution in [0.25, 0.3) is 0 Å². The number of carbonyl (C=O) groups excluding carboxylic acids is 2. The Labute approximate surface area is 106 Å². The molecule has 0 radical (unpaired) electrons. The van der Waals surface area contributed by atoms with Crippen molar-refractivity contribution in [1.29, 1.82) is 0 Å². The maximum Gasteiger partial charge on any atom is 0.240 e. The van der Waals surface area contributed by atoms with Crippen LogP contribution in [-0.4, -0.2) is 47.4 Å². The molecule has 1 unspecified atom stereocenters. The third-order valence-corrected chi connectivity index (χ3v) is 3.71. The Balaban J connectivity index is 2.61. The van der Waals surface area contributed by atoms with Gasteiger partial charge in [0.25, 0.3) is 0 Å². The number of thioether (sulfide) groups is 1. The summed E-state index contributed by atoms with van der Waals surface area (Å²) in [4.78, 5) is 25.0. The van der Waals surface area contributed by atoms with E-state index in [9.17, 15) is 9.59 Å². The Morgan fingerprint density at radius 2 is 2.18 bits per heavy atom. The van der Waals surface area contributed by atoms with Gasteiger partial charge >= 0.3 is 0 Å². The zero-order valence-electron chi connectivity index (χ0n) is 10.2. The summed E-state index contributed by atoms with van der Waals surface area (Å²) in [5.41, 5.74) is 11.2. The molecule has 0 spiro atoms. The minimum atomic E-state index is -0.512. The normalized spacial score (nSPS) is 22.2. The van der Waals surface area contributed by atoms with Gasteiger partial charge in [0.2, 0.25) is 11.8 Å². The molecule has 6 heteroatoms. The number of nitrogens with zero attached hydrogens (tertiary/aromatic N) is 1. The smallest absolute Gasteiger partial charge is 0.240 e. The first-order valence-corrected chi connectivity index (χ1v) is 7.31. The summed E-state index contributed by atoms with van der Waals surface area (Å²) in [6.07, 6.45) is 5.14. The summed E-state index contributed by atoms with van der Waals surface area (Å²) < 4.78 is 0. The molecule has 1 aliphatic heterocycles. The predicted octanol–water partition coefficient (Wildman–Crippen LogP) is -0.0668. The number of likely N-dealkylation sites (tertiary alicyclic amines) is 1. The van der Waals surface area contributed by atoms with Crippen LogP contribution in [-0.2, 0) is 9.59 Å². The standard InChI is InChI=1S/C11H21N3O2S/c1-17-7-5-8(12)11(16)14-6-3-2-4-9(14)10(13)15/h8-9H,2-7,12H2,1H3,(H2,13,15)/t8-,9?/m1/s1. The van der Waals surface area contributed by atoms with Gasteiger partial charge in [0, 0.05) is 6.54 Å². The van der Waals surface area contributed by atoms with Gasteiger partial charge in [-0.25, -0.2) is 0 Å². The maximum atomic E-state index is 12.1. The van der Waals surface area contributed by atoms with E-state index in [1.165, 1.54) is 0 Å². The largest absolute Gasteiger partial charge is 0.368 e. The Bertz CT molecular complexity index is 286. The van der Waals surface area contributed by atoms with Crippen molar-refractivity contribution in [3.05, 3.63) is 0 Å². The van der Waals surface area contributed by atoms with Gasteiger partial charge < -0.3 is 16.4 Å². The third kappa shape index (κ3) is 3.89. The van der Waals surface area contributed by atoms with Crippen LogP contribution in [0.4, 0.5) is 0 Å². The molecule has 1 heterocycles. The van der Waals surface area contributed by atoms with Crippen molar-refractivity contribution in [3.8, 4) is 0 Å². The third-order valence-electron chi connectivity index (χ3n) is 3.06. The van der Waals surface area contributed by atoms with Gasteiger partial charge in [-0.2, -0.15) is 11.8 Å². The van der Waals surface area contributed by atoms with Crippen LogP contribution in [0, 0.1) is 0 Å². The molecule has 0 aromatic carbocycles. The summed E-state index contributed by atoms with van der Waals surface area (Å²) in [6.45, 7) is 0.597. The van der Waals surface area contributed by atoms with E-state index in [4.69, 9.17) is 11.5 Å². The van der Waals surface area contributed by atoms with Crippen molar-refractivity contribution in [2.24, 2.45) is 11.5 Å². The van der Waals surface area contributed by atoms with E-state index in [1.54, 1.807) is 16.7 Å². The maximum absolute atomic E-state index is 12.1. The van der Waals surface area contributed by atoms with Crippen molar-refractivity contribution in [1.82, 2.24) is 4.90 Å². The number of primary amides is 1. The fraction of sp³-hybridized carbons (Fsp3) is 0.818. The molecule has 4 N–H and O–H groups in total. The highest BCUT2D eigenvalue weighted by Crippen LogP contribution is 2.18. The van der Waals surface area contributed by atoms with Gasteiger partial charge in [-0.3, -0.25) is 9.59 Å². The second-order valence-electron chi connectivity index (χ2n) is 4.33. The van der Waals surface area contributed by atoms with Crippen LogP contribution in [0.15, 0.2) is 0 Å². The van der Waals surface area contributed by atoms with E-state index in [2.05, 4.69) is 0 Å². The summed E-state index contributed by atoms with van der Waals surface area (Å²) >= 11 is 1.66. The molecule has 2 amide bonds. The van der Waals surface area contributed by atoms with Crippen LogP contribution in [0.5, 0.6) is 0 Å². The molecule has 0 bridgehead atoms. The van der Waals surface area contributed by atoms with Crippen LogP contribution >= 0.6 is 11.8 Å². The molecule has 0 aliphatic carbocycles. The van der Waals surface area contributed by atoms with Gasteiger partial charge in [-0.15, -0.1) is 0 Å². The molecule has 0 aromatic rings. The zero-order valence-corrected chi connectivity index (χ0v) is 11.0. The van der Waals surface area contributed by atoms with E-state index in [0.717, 1.165) is 18.6 Å². The van der Waals surface area contributed by atoms with Crippen molar-refractivity contribution < 1.29 is 9.59 Å². The molecule has 17 heavy (non-hydrogen) atoms. The van der Waals surface area contributed by atoms with Crippen LogP contribution in [0.3, 0.4) is 0 Å². The fourth-order valence-electron chi connectivity index (χ4n) is 2.07. The molecule has 1 saturated heterocycles. The number of rotatable bonds is 5. The highest BCUT2D eigenvalue weighted by Gasteiger charge is 2.32. The van der Waals surface area contributed by atoms with Crippen LogP contribution in [0.2, 0.25) is 0 Å². The van der Waals surface area contributed by atoms with E-state index in [0.29, 0.717) is 19.4 Å². The highest BCUT2D eigenvalue weighted by atomic mass is 32.2. The lowest BCUT2D eigenvalue weighted by molar-refractivity contribution is -0.142. The Morgan fingerprint density at radius 1 is 1.47 bits per heavy atom. The quantitative estimate of drug-likeness (QED) is 0.723. The first-order chi connectivity index (χ1) is 8.07. The summed E-state index contributed by atoms with van der Waals surface area (Å²) in [5.74, 6) is 0.291. The number of nitrogens with two attached hydrogens (primary N) is 2. The zero-order chi connectivity index (χ0) is 12.8. The number of piperidine rings is 1. The van der Waals surface area contributed by atoms with Crippen LogP contribution in [0.1, 0.15) is 25.7 Å². The minimum absolute atomic E-state index is 0.137. The van der Waals surface area contributed by atoms with Crippen molar-refractivity contribution in [2.75, 3.05) is 18.6 Å². The molecule has 5 nitrogen and oxygen atoms in total. The van der Waals surface area contributed by atoms with Crippen molar-refractivity contribution in [2.45, 2.75) is 37.8 Å². The monoisotopic (exact) mass is 259 g/mol. The van der Waals surface area contributed by atoms with E-state index >= 15 is 0 Å². The molecular weight excluding hydrogens is 238 g/mol. The second-order valence-corrected chi connectivity index (χ2v) is 5.32. The lowest BCUT2D eigenvalue weighted by atomic mass is 10.00. The van der Waals surface area contributed by atoms with E-state index < -0.39 is 18.0 Å². The lowest BCUT2D eigenvalue weighted by Gasteiger charge is -2.35. The minimum Gasteiger partial charge on any atom is -0.368 e. The summed E-state index contributed by atoms with van der Waals surface area (Å²) in [6, 6.07) is -0.973. The number of hydrogen-bond acceptors (Lipinski definition) is 4. The van der Waals surface area contributed by atoms with Crippen LogP contribution < -0.4 is 11.5 Å². The fourth-order valence-corrected chi connectivity index (χ4v) is 2.56. The number of hydrogen-bond donors (Lipinski definition) is 2. The van der Waals surface area contributed by atoms with Gasteiger partial charge in [0.05, 0.1) is 6.04 Å². The summed E-state index contributed by atoms with van der Waals surface area (Å²) in [5, 5.41) is 0. The van der Waals surface area contributed by atoms with Crippen molar-refractivity contribution in [3.63, 3.8) is 0 Å². The second kappa shape index (κ2) is 6.86. The van der Waals surface area contributed by atoms with E-state index in [-0.39, 0.29) is 5.91 Å². The molecule has 98 valence electrons.